The van der Waals surface area contributed by atoms with Crippen LogP contribution in [-0.4, -0.2) is 47.9 Å². The molecule has 0 spiro atoms. The number of amides is 3. The normalized spacial score (nSPS) is 22.3. The fraction of sp³-hybridized carbons (Fsp3) is 0.625. The van der Waals surface area contributed by atoms with E-state index in [4.69, 9.17) is 4.74 Å². The predicted molar refractivity (Wildman–Crippen MR) is 116 cm³/mol. The Bertz CT molecular complexity index is 788. The van der Waals surface area contributed by atoms with E-state index in [2.05, 4.69) is 13.8 Å². The van der Waals surface area contributed by atoms with Gasteiger partial charge in [-0.2, -0.15) is 0 Å². The van der Waals surface area contributed by atoms with Gasteiger partial charge in [-0.25, -0.2) is 4.90 Å². The van der Waals surface area contributed by atoms with Gasteiger partial charge in [-0.15, -0.1) is 0 Å². The maximum Gasteiger partial charge on any atom is 0.257 e. The predicted octanol–water partition coefficient (Wildman–Crippen LogP) is 3.89. The molecule has 164 valence electrons. The van der Waals surface area contributed by atoms with Gasteiger partial charge >= 0.3 is 0 Å². The minimum atomic E-state index is -0.763. The van der Waals surface area contributed by atoms with Crippen LogP contribution < -0.4 is 4.90 Å². The molecule has 0 aromatic heterocycles. The van der Waals surface area contributed by atoms with Crippen molar-refractivity contribution in [3.63, 3.8) is 0 Å². The van der Waals surface area contributed by atoms with Crippen molar-refractivity contribution in [2.75, 3.05) is 18.1 Å². The van der Waals surface area contributed by atoms with Crippen molar-refractivity contribution >= 4 is 23.4 Å². The molecular formula is C24H34N2O4. The molecule has 1 aromatic carbocycles. The van der Waals surface area contributed by atoms with E-state index in [0.29, 0.717) is 31.2 Å². The fourth-order valence-corrected chi connectivity index (χ4v) is 4.10. The lowest BCUT2D eigenvalue weighted by Crippen LogP contribution is -2.49. The molecule has 1 aromatic rings. The summed E-state index contributed by atoms with van der Waals surface area (Å²) in [6.07, 6.45) is 2.09. The Morgan fingerprint density at radius 3 is 2.40 bits per heavy atom. The topological polar surface area (TPSA) is 66.9 Å². The van der Waals surface area contributed by atoms with Crippen molar-refractivity contribution in [3.8, 4) is 0 Å². The van der Waals surface area contributed by atoms with Crippen LogP contribution in [0.3, 0.4) is 0 Å². The smallest absolute Gasteiger partial charge is 0.257 e. The van der Waals surface area contributed by atoms with E-state index in [9.17, 15) is 14.4 Å². The number of nitrogens with zero attached hydrogens (tertiary/aromatic N) is 2. The van der Waals surface area contributed by atoms with Gasteiger partial charge in [-0.3, -0.25) is 14.4 Å². The lowest BCUT2D eigenvalue weighted by atomic mass is 9.91. The van der Waals surface area contributed by atoms with Crippen LogP contribution in [0.2, 0.25) is 0 Å². The standard InChI is InChI=1S/C24H34N2O4/c1-16(2)17-8-10-18(11-9-17)26-21(27)13-20(23(26)29)25(15-19-7-6-12-30-19)22(28)14-24(3,4)5/h8-11,16,19-20H,6-7,12-15H2,1-5H3. The molecule has 2 atom stereocenters. The highest BCUT2D eigenvalue weighted by Crippen LogP contribution is 2.30. The summed E-state index contributed by atoms with van der Waals surface area (Å²) >= 11 is 0. The zero-order chi connectivity index (χ0) is 22.1. The van der Waals surface area contributed by atoms with E-state index in [1.807, 2.05) is 45.0 Å². The second kappa shape index (κ2) is 8.88. The minimum absolute atomic E-state index is 0.0212. The fourth-order valence-electron chi connectivity index (χ4n) is 4.10. The molecule has 3 amide bonds. The van der Waals surface area contributed by atoms with Crippen molar-refractivity contribution in [2.45, 2.75) is 78.4 Å². The summed E-state index contributed by atoms with van der Waals surface area (Å²) in [6.45, 7) is 11.2. The SMILES string of the molecule is CC(C)c1ccc(N2C(=O)CC(N(CC3CCCO3)C(=O)CC(C)(C)C)C2=O)cc1. The van der Waals surface area contributed by atoms with Gasteiger partial charge in [0, 0.05) is 19.6 Å². The molecular weight excluding hydrogens is 380 g/mol. The summed E-state index contributed by atoms with van der Waals surface area (Å²) in [4.78, 5) is 42.1. The first-order valence-electron chi connectivity index (χ1n) is 10.9. The molecule has 3 rings (SSSR count). The maximum atomic E-state index is 13.3. The molecule has 30 heavy (non-hydrogen) atoms. The zero-order valence-electron chi connectivity index (χ0n) is 18.8. The third-order valence-electron chi connectivity index (χ3n) is 5.74. The molecule has 6 heteroatoms. The van der Waals surface area contributed by atoms with Crippen molar-refractivity contribution in [1.29, 1.82) is 0 Å². The highest BCUT2D eigenvalue weighted by atomic mass is 16.5. The van der Waals surface area contributed by atoms with Gasteiger partial charge < -0.3 is 9.64 Å². The molecule has 0 saturated carbocycles. The van der Waals surface area contributed by atoms with Crippen LogP contribution in [0.25, 0.3) is 0 Å². The van der Waals surface area contributed by atoms with E-state index in [-0.39, 0.29) is 35.7 Å². The summed E-state index contributed by atoms with van der Waals surface area (Å²) in [7, 11) is 0. The molecule has 2 saturated heterocycles. The van der Waals surface area contributed by atoms with Crippen LogP contribution in [0.1, 0.15) is 71.8 Å². The van der Waals surface area contributed by atoms with E-state index in [0.717, 1.165) is 18.4 Å². The van der Waals surface area contributed by atoms with Crippen LogP contribution in [0.15, 0.2) is 24.3 Å². The number of hydrogen-bond donors (Lipinski definition) is 0. The molecule has 0 bridgehead atoms. The largest absolute Gasteiger partial charge is 0.376 e. The second-order valence-electron chi connectivity index (χ2n) is 9.95. The van der Waals surface area contributed by atoms with E-state index in [1.54, 1.807) is 4.90 Å². The molecule has 0 radical (unpaired) electrons. The highest BCUT2D eigenvalue weighted by molar-refractivity contribution is 6.23. The molecule has 2 aliphatic rings. The Hall–Kier alpha value is -2.21. The van der Waals surface area contributed by atoms with Crippen LogP contribution in [0.4, 0.5) is 5.69 Å². The maximum absolute atomic E-state index is 13.3. The second-order valence-corrected chi connectivity index (χ2v) is 9.95. The summed E-state index contributed by atoms with van der Waals surface area (Å²) < 4.78 is 5.73. The number of anilines is 1. The van der Waals surface area contributed by atoms with Gasteiger partial charge in [0.25, 0.3) is 5.91 Å². The van der Waals surface area contributed by atoms with Gasteiger partial charge in [0.2, 0.25) is 11.8 Å². The molecule has 2 fully saturated rings. The quantitative estimate of drug-likeness (QED) is 0.663. The Kier molecular flexibility index (Phi) is 6.65. The van der Waals surface area contributed by atoms with Crippen LogP contribution in [0.5, 0.6) is 0 Å². The lowest BCUT2D eigenvalue weighted by molar-refractivity contribution is -0.141. The Morgan fingerprint density at radius 1 is 1.20 bits per heavy atom. The summed E-state index contributed by atoms with van der Waals surface area (Å²) in [5.74, 6) is -0.310. The Balaban J connectivity index is 1.83. The van der Waals surface area contributed by atoms with E-state index >= 15 is 0 Å². The number of hydrogen-bond acceptors (Lipinski definition) is 4. The third-order valence-corrected chi connectivity index (χ3v) is 5.74. The minimum Gasteiger partial charge on any atom is -0.376 e. The molecule has 0 aliphatic carbocycles. The van der Waals surface area contributed by atoms with Gasteiger partial charge in [-0.1, -0.05) is 46.8 Å². The van der Waals surface area contributed by atoms with Gasteiger partial charge in [0.15, 0.2) is 0 Å². The van der Waals surface area contributed by atoms with Crippen molar-refractivity contribution < 1.29 is 19.1 Å². The average Bonchev–Trinajstić information content (AvgIpc) is 3.26. The van der Waals surface area contributed by atoms with Gasteiger partial charge in [0.1, 0.15) is 6.04 Å². The third kappa shape index (κ3) is 5.09. The molecule has 2 aliphatic heterocycles. The van der Waals surface area contributed by atoms with Crippen molar-refractivity contribution in [3.05, 3.63) is 29.8 Å². The first-order chi connectivity index (χ1) is 14.1. The molecule has 6 nitrogen and oxygen atoms in total. The summed E-state index contributed by atoms with van der Waals surface area (Å²) in [6, 6.07) is 6.76. The Labute approximate surface area is 179 Å². The first kappa shape index (κ1) is 22.5. The van der Waals surface area contributed by atoms with Crippen LogP contribution >= 0.6 is 0 Å². The summed E-state index contributed by atoms with van der Waals surface area (Å²) in [5, 5.41) is 0. The van der Waals surface area contributed by atoms with Crippen molar-refractivity contribution in [1.82, 2.24) is 4.90 Å². The Morgan fingerprint density at radius 2 is 1.87 bits per heavy atom. The number of carbonyl (C=O) groups is 3. The number of carbonyl (C=O) groups excluding carboxylic acids is 3. The van der Waals surface area contributed by atoms with Crippen LogP contribution in [-0.2, 0) is 19.1 Å². The van der Waals surface area contributed by atoms with Crippen molar-refractivity contribution in [2.24, 2.45) is 5.41 Å². The number of benzene rings is 1. The van der Waals surface area contributed by atoms with E-state index < -0.39 is 6.04 Å². The summed E-state index contributed by atoms with van der Waals surface area (Å²) in [5.41, 5.74) is 1.51. The molecule has 2 heterocycles. The molecule has 2 unspecified atom stereocenters. The average molecular weight is 415 g/mol. The number of ether oxygens (including phenoxy) is 1. The van der Waals surface area contributed by atoms with E-state index in [1.165, 1.54) is 4.90 Å². The lowest BCUT2D eigenvalue weighted by Gasteiger charge is -2.32. The van der Waals surface area contributed by atoms with Gasteiger partial charge in [-0.05, 0) is 41.9 Å². The number of imide groups is 1. The molecule has 0 N–H and O–H groups in total. The zero-order valence-corrected chi connectivity index (χ0v) is 18.8. The highest BCUT2D eigenvalue weighted by Gasteiger charge is 2.45. The monoisotopic (exact) mass is 414 g/mol. The van der Waals surface area contributed by atoms with Gasteiger partial charge in [0.05, 0.1) is 18.2 Å². The van der Waals surface area contributed by atoms with Crippen LogP contribution in [0, 0.1) is 5.41 Å². The number of rotatable bonds is 6. The first-order valence-corrected chi connectivity index (χ1v) is 10.9.